The summed E-state index contributed by atoms with van der Waals surface area (Å²) < 4.78 is 14.3. The van der Waals surface area contributed by atoms with E-state index < -0.39 is 18.1 Å². The Morgan fingerprint density at radius 3 is 2.68 bits per heavy atom. The van der Waals surface area contributed by atoms with E-state index in [0.717, 1.165) is 31.4 Å². The highest BCUT2D eigenvalue weighted by atomic mass is 19.1. The molecule has 0 spiro atoms. The fourth-order valence-electron chi connectivity index (χ4n) is 2.95. The molecule has 1 saturated heterocycles. The van der Waals surface area contributed by atoms with Gasteiger partial charge in [0.1, 0.15) is 12.2 Å². The Morgan fingerprint density at radius 1 is 1.36 bits per heavy atom. The van der Waals surface area contributed by atoms with Crippen LogP contribution in [-0.4, -0.2) is 41.2 Å². The zero-order chi connectivity index (χ0) is 15.7. The molecule has 1 amide bonds. The zero-order valence-corrected chi connectivity index (χ0v) is 12.6. The van der Waals surface area contributed by atoms with Gasteiger partial charge in [-0.3, -0.25) is 14.5 Å². The van der Waals surface area contributed by atoms with Crippen LogP contribution in [-0.2, 0) is 11.2 Å². The lowest BCUT2D eigenvalue weighted by Crippen LogP contribution is -2.48. The van der Waals surface area contributed by atoms with E-state index in [1.807, 2.05) is 4.90 Å². The van der Waals surface area contributed by atoms with Crippen molar-refractivity contribution in [1.82, 2.24) is 9.47 Å². The van der Waals surface area contributed by atoms with Crippen LogP contribution < -0.4 is 11.3 Å². The predicted octanol–water partition coefficient (Wildman–Crippen LogP) is 0.871. The Hall–Kier alpha value is -1.69. The van der Waals surface area contributed by atoms with Gasteiger partial charge in [-0.15, -0.1) is 0 Å². The Labute approximate surface area is 128 Å². The number of hydrogen-bond acceptors (Lipinski definition) is 3. The van der Waals surface area contributed by atoms with Gasteiger partial charge in [-0.05, 0) is 24.3 Å². The highest BCUT2D eigenvalue weighted by Gasteiger charge is 2.30. The van der Waals surface area contributed by atoms with Gasteiger partial charge in [0.25, 0.3) is 5.56 Å². The van der Waals surface area contributed by atoms with Crippen LogP contribution in [0.1, 0.15) is 30.9 Å². The molecule has 3 rings (SSSR count). The summed E-state index contributed by atoms with van der Waals surface area (Å²) in [7, 11) is 0. The molecule has 1 saturated carbocycles. The van der Waals surface area contributed by atoms with Gasteiger partial charge < -0.3 is 10.3 Å². The third kappa shape index (κ3) is 3.55. The standard InChI is InChI=1S/C16H22FN3O2/c17-13-9-19(10-13)6-5-12-3-4-15(21)20(8-12)14(16(18)22)7-11-1-2-11/h3-4,8,11,13-14H,1-2,5-7,9-10H2,(H2,18,22). The first-order chi connectivity index (χ1) is 10.5. The van der Waals surface area contributed by atoms with Gasteiger partial charge in [0.15, 0.2) is 0 Å². The minimum Gasteiger partial charge on any atom is -0.368 e. The lowest BCUT2D eigenvalue weighted by Gasteiger charge is -2.34. The van der Waals surface area contributed by atoms with Gasteiger partial charge >= 0.3 is 0 Å². The first-order valence-corrected chi connectivity index (χ1v) is 7.89. The van der Waals surface area contributed by atoms with Crippen molar-refractivity contribution >= 4 is 5.91 Å². The molecule has 1 atom stereocenters. The fraction of sp³-hybridized carbons (Fsp3) is 0.625. The molecule has 1 aromatic heterocycles. The van der Waals surface area contributed by atoms with Crippen LogP contribution in [0.2, 0.25) is 0 Å². The molecule has 1 aromatic rings. The number of carbonyl (C=O) groups excluding carboxylic acids is 1. The van der Waals surface area contributed by atoms with Crippen molar-refractivity contribution in [1.29, 1.82) is 0 Å². The molecular formula is C16H22FN3O2. The number of carbonyl (C=O) groups is 1. The molecular weight excluding hydrogens is 285 g/mol. The molecule has 2 N–H and O–H groups in total. The van der Waals surface area contributed by atoms with Crippen LogP contribution in [0.3, 0.4) is 0 Å². The lowest BCUT2D eigenvalue weighted by atomic mass is 10.1. The molecule has 2 aliphatic rings. The smallest absolute Gasteiger partial charge is 0.251 e. The second kappa shape index (κ2) is 6.20. The number of rotatable bonds is 7. The van der Waals surface area contributed by atoms with E-state index in [1.165, 1.54) is 10.6 Å². The third-order valence-electron chi connectivity index (χ3n) is 4.55. The summed E-state index contributed by atoms with van der Waals surface area (Å²) in [6.07, 6.45) is 4.64. The van der Waals surface area contributed by atoms with E-state index in [0.29, 0.717) is 25.4 Å². The van der Waals surface area contributed by atoms with Crippen LogP contribution in [0.25, 0.3) is 0 Å². The largest absolute Gasteiger partial charge is 0.368 e. The normalized spacial score (nSPS) is 20.6. The van der Waals surface area contributed by atoms with Gasteiger partial charge in [0.05, 0.1) is 0 Å². The maximum atomic E-state index is 12.8. The van der Waals surface area contributed by atoms with E-state index in [2.05, 4.69) is 0 Å². The number of nitrogens with zero attached hydrogens (tertiary/aromatic N) is 2. The highest BCUT2D eigenvalue weighted by molar-refractivity contribution is 5.78. The number of amides is 1. The van der Waals surface area contributed by atoms with Crippen molar-refractivity contribution < 1.29 is 9.18 Å². The molecule has 0 radical (unpaired) electrons. The van der Waals surface area contributed by atoms with E-state index in [4.69, 9.17) is 5.73 Å². The van der Waals surface area contributed by atoms with E-state index in [1.54, 1.807) is 12.3 Å². The van der Waals surface area contributed by atoms with Crippen LogP contribution in [0.5, 0.6) is 0 Å². The molecule has 5 nitrogen and oxygen atoms in total. The van der Waals surface area contributed by atoms with E-state index >= 15 is 0 Å². The Bertz CT molecular complexity index is 606. The summed E-state index contributed by atoms with van der Waals surface area (Å²) in [5.41, 5.74) is 6.27. The quantitative estimate of drug-likeness (QED) is 0.813. The third-order valence-corrected chi connectivity index (χ3v) is 4.55. The van der Waals surface area contributed by atoms with Crippen molar-refractivity contribution in [2.75, 3.05) is 19.6 Å². The van der Waals surface area contributed by atoms with Crippen molar-refractivity contribution in [3.63, 3.8) is 0 Å². The number of likely N-dealkylation sites (tertiary alicyclic amines) is 1. The molecule has 22 heavy (non-hydrogen) atoms. The summed E-state index contributed by atoms with van der Waals surface area (Å²) >= 11 is 0. The molecule has 0 aromatic carbocycles. The maximum Gasteiger partial charge on any atom is 0.251 e. The summed E-state index contributed by atoms with van der Waals surface area (Å²) in [5.74, 6) is 0.0600. The number of aromatic nitrogens is 1. The topological polar surface area (TPSA) is 68.3 Å². The SMILES string of the molecule is NC(=O)C(CC1CC1)n1cc(CCN2CC(F)C2)ccc1=O. The Balaban J connectivity index is 1.70. The Kier molecular flexibility index (Phi) is 4.29. The van der Waals surface area contributed by atoms with Crippen LogP contribution in [0, 0.1) is 5.92 Å². The number of halogens is 1. The van der Waals surface area contributed by atoms with E-state index in [-0.39, 0.29) is 5.56 Å². The van der Waals surface area contributed by atoms with Crippen molar-refractivity contribution in [3.05, 3.63) is 34.2 Å². The highest BCUT2D eigenvalue weighted by Crippen LogP contribution is 2.36. The zero-order valence-electron chi connectivity index (χ0n) is 12.6. The second-order valence-corrected chi connectivity index (χ2v) is 6.49. The second-order valence-electron chi connectivity index (χ2n) is 6.49. The van der Waals surface area contributed by atoms with Gasteiger partial charge in [0, 0.05) is 31.9 Å². The van der Waals surface area contributed by atoms with Crippen LogP contribution >= 0.6 is 0 Å². The summed E-state index contributed by atoms with van der Waals surface area (Å²) in [4.78, 5) is 25.8. The molecule has 1 unspecified atom stereocenters. The average molecular weight is 307 g/mol. The van der Waals surface area contributed by atoms with Gasteiger partial charge in [-0.2, -0.15) is 0 Å². The van der Waals surface area contributed by atoms with Gasteiger partial charge in [-0.1, -0.05) is 18.9 Å². The maximum absolute atomic E-state index is 12.8. The average Bonchev–Trinajstić information content (AvgIpc) is 3.25. The van der Waals surface area contributed by atoms with Crippen molar-refractivity contribution in [2.45, 2.75) is 37.9 Å². The number of hydrogen-bond donors (Lipinski definition) is 1. The van der Waals surface area contributed by atoms with Crippen molar-refractivity contribution in [2.24, 2.45) is 11.7 Å². The lowest BCUT2D eigenvalue weighted by molar-refractivity contribution is -0.121. The van der Waals surface area contributed by atoms with E-state index in [9.17, 15) is 14.0 Å². The molecule has 1 aliphatic carbocycles. The molecule has 2 fully saturated rings. The van der Waals surface area contributed by atoms with Gasteiger partial charge in [-0.25, -0.2) is 4.39 Å². The number of pyridine rings is 1. The first kappa shape index (κ1) is 15.2. The predicted molar refractivity (Wildman–Crippen MR) is 81.3 cm³/mol. The summed E-state index contributed by atoms with van der Waals surface area (Å²) in [6.45, 7) is 1.75. The van der Waals surface area contributed by atoms with Crippen LogP contribution in [0.15, 0.2) is 23.1 Å². The molecule has 6 heteroatoms. The van der Waals surface area contributed by atoms with Crippen LogP contribution in [0.4, 0.5) is 4.39 Å². The number of alkyl halides is 1. The van der Waals surface area contributed by atoms with Crippen molar-refractivity contribution in [3.8, 4) is 0 Å². The summed E-state index contributed by atoms with van der Waals surface area (Å²) in [5, 5.41) is 0. The minimum absolute atomic E-state index is 0.194. The number of nitrogens with two attached hydrogens (primary N) is 1. The molecule has 0 bridgehead atoms. The minimum atomic E-state index is -0.702. The molecule has 1 aliphatic heterocycles. The molecule has 2 heterocycles. The fourth-order valence-corrected chi connectivity index (χ4v) is 2.95. The molecule has 120 valence electrons. The first-order valence-electron chi connectivity index (χ1n) is 7.89. The Morgan fingerprint density at radius 2 is 2.09 bits per heavy atom. The summed E-state index contributed by atoms with van der Waals surface area (Å²) in [6, 6.07) is 2.71. The monoisotopic (exact) mass is 307 g/mol. The van der Waals surface area contributed by atoms with Gasteiger partial charge in [0.2, 0.25) is 5.91 Å². The number of primary amides is 1.